The summed E-state index contributed by atoms with van der Waals surface area (Å²) in [6.45, 7) is 2.95. The maximum atomic E-state index is 12.9. The zero-order valence-electron chi connectivity index (χ0n) is 15.3. The number of halogens is 4. The minimum absolute atomic E-state index is 0.143. The smallest absolute Gasteiger partial charge is 0.324 e. The molecule has 0 atom stereocenters. The number of anilines is 2. The molecule has 0 fully saturated rings. The molecular weight excluding hydrogens is 417 g/mol. The van der Waals surface area contributed by atoms with E-state index < -0.39 is 39.2 Å². The van der Waals surface area contributed by atoms with Crippen LogP contribution >= 0.6 is 11.6 Å². The Balaban J connectivity index is 2.28. The van der Waals surface area contributed by atoms with E-state index in [4.69, 9.17) is 11.6 Å². The molecule has 0 aliphatic rings. The Labute approximate surface area is 166 Å². The van der Waals surface area contributed by atoms with Crippen molar-refractivity contribution < 1.29 is 26.4 Å². The number of amides is 1. The van der Waals surface area contributed by atoms with E-state index in [0.717, 1.165) is 22.2 Å². The van der Waals surface area contributed by atoms with E-state index in [-0.39, 0.29) is 5.69 Å². The van der Waals surface area contributed by atoms with Crippen molar-refractivity contribution in [3.8, 4) is 0 Å². The van der Waals surface area contributed by atoms with E-state index in [0.29, 0.717) is 17.3 Å². The number of rotatable bonds is 5. The number of nitrogens with zero attached hydrogens (tertiary/aromatic N) is 1. The average molecular weight is 435 g/mol. The minimum atomic E-state index is -4.68. The van der Waals surface area contributed by atoms with Gasteiger partial charge in [0.25, 0.3) is 0 Å². The first-order valence-electron chi connectivity index (χ1n) is 8.00. The van der Waals surface area contributed by atoms with Crippen molar-refractivity contribution >= 4 is 38.9 Å². The van der Waals surface area contributed by atoms with Gasteiger partial charge in [0.1, 0.15) is 6.54 Å². The van der Waals surface area contributed by atoms with Crippen LogP contribution < -0.4 is 9.62 Å². The van der Waals surface area contributed by atoms with Crippen LogP contribution in [0.25, 0.3) is 0 Å². The van der Waals surface area contributed by atoms with Gasteiger partial charge in [-0.15, -0.1) is 0 Å². The lowest BCUT2D eigenvalue weighted by Gasteiger charge is -2.24. The molecule has 2 rings (SSSR count). The second-order valence-electron chi connectivity index (χ2n) is 6.30. The number of carbonyl (C=O) groups excluding carboxylic acids is 1. The molecule has 2 aromatic rings. The van der Waals surface area contributed by atoms with Crippen LogP contribution in [-0.4, -0.2) is 27.1 Å². The summed E-state index contributed by atoms with van der Waals surface area (Å²) < 4.78 is 64.1. The predicted octanol–water partition coefficient (Wildman–Crippen LogP) is 4.38. The molecule has 1 N–H and O–H groups in total. The summed E-state index contributed by atoms with van der Waals surface area (Å²) in [4.78, 5) is 12.3. The molecule has 0 aromatic heterocycles. The van der Waals surface area contributed by atoms with E-state index in [1.807, 2.05) is 6.92 Å². The predicted molar refractivity (Wildman–Crippen MR) is 103 cm³/mol. The van der Waals surface area contributed by atoms with Gasteiger partial charge in [-0.2, -0.15) is 13.2 Å². The van der Waals surface area contributed by atoms with Crippen LogP contribution in [0.3, 0.4) is 0 Å². The number of carbonyl (C=O) groups is 1. The van der Waals surface area contributed by atoms with Gasteiger partial charge in [0.2, 0.25) is 15.9 Å². The third-order valence-corrected chi connectivity index (χ3v) is 5.32. The highest BCUT2D eigenvalue weighted by Gasteiger charge is 2.33. The molecular formula is C18H18ClF3N2O3S. The number of benzene rings is 2. The van der Waals surface area contributed by atoms with Crippen molar-refractivity contribution in [3.63, 3.8) is 0 Å². The van der Waals surface area contributed by atoms with Crippen molar-refractivity contribution in [2.45, 2.75) is 20.0 Å². The fourth-order valence-electron chi connectivity index (χ4n) is 2.62. The molecule has 0 aliphatic heterocycles. The SMILES string of the molecule is Cc1ccc(N(CC(=O)Nc2ccc(Cl)c(C(F)(F)F)c2)S(C)(=O)=O)c(C)c1. The molecule has 0 saturated heterocycles. The molecule has 2 aromatic carbocycles. The highest BCUT2D eigenvalue weighted by molar-refractivity contribution is 7.92. The molecule has 0 aliphatic carbocycles. The van der Waals surface area contributed by atoms with Gasteiger partial charge in [-0.3, -0.25) is 9.10 Å². The van der Waals surface area contributed by atoms with Crippen molar-refractivity contribution in [1.82, 2.24) is 0 Å². The van der Waals surface area contributed by atoms with Crippen LogP contribution in [0.5, 0.6) is 0 Å². The number of alkyl halides is 3. The first-order chi connectivity index (χ1) is 12.8. The number of nitrogens with one attached hydrogen (secondary N) is 1. The Morgan fingerprint density at radius 3 is 2.32 bits per heavy atom. The highest BCUT2D eigenvalue weighted by atomic mass is 35.5. The van der Waals surface area contributed by atoms with Crippen LogP contribution in [0.2, 0.25) is 5.02 Å². The van der Waals surface area contributed by atoms with Crippen LogP contribution in [0.15, 0.2) is 36.4 Å². The Hall–Kier alpha value is -2.26. The normalized spacial score (nSPS) is 12.0. The first kappa shape index (κ1) is 22.0. The van der Waals surface area contributed by atoms with E-state index in [1.54, 1.807) is 25.1 Å². The molecule has 0 radical (unpaired) electrons. The minimum Gasteiger partial charge on any atom is -0.324 e. The van der Waals surface area contributed by atoms with E-state index in [1.165, 1.54) is 6.07 Å². The van der Waals surface area contributed by atoms with Gasteiger partial charge < -0.3 is 5.32 Å². The molecule has 0 saturated carbocycles. The third-order valence-electron chi connectivity index (χ3n) is 3.86. The fraction of sp³-hybridized carbons (Fsp3) is 0.278. The summed E-state index contributed by atoms with van der Waals surface area (Å²) in [5.74, 6) is -0.791. The van der Waals surface area contributed by atoms with Gasteiger partial charge in [0, 0.05) is 5.69 Å². The third kappa shape index (κ3) is 5.39. The molecule has 10 heteroatoms. The standard InChI is InChI=1S/C18H18ClF3N2O3S/c1-11-4-7-16(12(2)8-11)24(28(3,26)27)10-17(25)23-13-5-6-15(19)14(9-13)18(20,21)22/h4-9H,10H2,1-3H3,(H,23,25). The molecule has 0 spiro atoms. The van der Waals surface area contributed by atoms with Gasteiger partial charge in [-0.05, 0) is 43.7 Å². The van der Waals surface area contributed by atoms with E-state index >= 15 is 0 Å². The summed E-state index contributed by atoms with van der Waals surface area (Å²) in [7, 11) is -3.81. The van der Waals surface area contributed by atoms with Crippen LogP contribution in [-0.2, 0) is 21.0 Å². The monoisotopic (exact) mass is 434 g/mol. The van der Waals surface area contributed by atoms with Crippen LogP contribution in [0.4, 0.5) is 24.5 Å². The quantitative estimate of drug-likeness (QED) is 0.759. The number of hydrogen-bond acceptors (Lipinski definition) is 3. The van der Waals surface area contributed by atoms with E-state index in [2.05, 4.69) is 5.32 Å². The Morgan fingerprint density at radius 1 is 1.14 bits per heavy atom. The molecule has 0 heterocycles. The summed E-state index contributed by atoms with van der Waals surface area (Å²) in [6, 6.07) is 7.95. The van der Waals surface area contributed by atoms with Gasteiger partial charge in [-0.25, -0.2) is 8.42 Å². The van der Waals surface area contributed by atoms with Gasteiger partial charge in [0.15, 0.2) is 0 Å². The van der Waals surface area contributed by atoms with Crippen molar-refractivity contribution in [2.24, 2.45) is 0 Å². The summed E-state index contributed by atoms with van der Waals surface area (Å²) >= 11 is 5.55. The Bertz CT molecular complexity index is 1010. The topological polar surface area (TPSA) is 66.5 Å². The van der Waals surface area contributed by atoms with Gasteiger partial charge in [0.05, 0.1) is 22.5 Å². The number of sulfonamides is 1. The van der Waals surface area contributed by atoms with Crippen molar-refractivity contribution in [1.29, 1.82) is 0 Å². The maximum Gasteiger partial charge on any atom is 0.417 e. The lowest BCUT2D eigenvalue weighted by Crippen LogP contribution is -2.37. The van der Waals surface area contributed by atoms with Crippen molar-refractivity contribution in [2.75, 3.05) is 22.4 Å². The molecule has 1 amide bonds. The molecule has 152 valence electrons. The van der Waals surface area contributed by atoms with Gasteiger partial charge >= 0.3 is 6.18 Å². The zero-order valence-corrected chi connectivity index (χ0v) is 16.8. The van der Waals surface area contributed by atoms with Crippen LogP contribution in [0.1, 0.15) is 16.7 Å². The van der Waals surface area contributed by atoms with E-state index in [9.17, 15) is 26.4 Å². The maximum absolute atomic E-state index is 12.9. The Morgan fingerprint density at radius 2 is 1.79 bits per heavy atom. The largest absolute Gasteiger partial charge is 0.417 e. The molecule has 5 nitrogen and oxygen atoms in total. The second-order valence-corrected chi connectivity index (χ2v) is 8.61. The number of hydrogen-bond donors (Lipinski definition) is 1. The van der Waals surface area contributed by atoms with Crippen molar-refractivity contribution in [3.05, 3.63) is 58.1 Å². The second kappa shape index (κ2) is 8.00. The van der Waals surface area contributed by atoms with Crippen LogP contribution in [0, 0.1) is 13.8 Å². The average Bonchev–Trinajstić information content (AvgIpc) is 2.53. The molecule has 0 bridgehead atoms. The lowest BCUT2D eigenvalue weighted by molar-refractivity contribution is -0.137. The number of aryl methyl sites for hydroxylation is 2. The molecule has 28 heavy (non-hydrogen) atoms. The lowest BCUT2D eigenvalue weighted by atomic mass is 10.1. The summed E-state index contributed by atoms with van der Waals surface area (Å²) in [5, 5.41) is 1.78. The highest BCUT2D eigenvalue weighted by Crippen LogP contribution is 2.36. The molecule has 0 unspecified atom stereocenters. The van der Waals surface area contributed by atoms with Gasteiger partial charge in [-0.1, -0.05) is 29.3 Å². The first-order valence-corrected chi connectivity index (χ1v) is 10.2. The Kier molecular flexibility index (Phi) is 6.30. The summed E-state index contributed by atoms with van der Waals surface area (Å²) in [5.41, 5.74) is 0.636. The fourth-order valence-corrected chi connectivity index (χ4v) is 3.76. The summed E-state index contributed by atoms with van der Waals surface area (Å²) in [6.07, 6.45) is -3.74. The zero-order chi connectivity index (χ0) is 21.3.